The minimum Gasteiger partial charge on any atom is -0.354 e. The van der Waals surface area contributed by atoms with Crippen LogP contribution in [0.1, 0.15) is 38.3 Å². The Bertz CT molecular complexity index is 1070. The molecule has 2 aromatic rings. The molecule has 2 aromatic carbocycles. The van der Waals surface area contributed by atoms with Crippen LogP contribution in [0.4, 0.5) is 5.69 Å². The molecule has 0 aliphatic carbocycles. The largest absolute Gasteiger partial charge is 0.354 e. The van der Waals surface area contributed by atoms with E-state index in [1.165, 1.54) is 4.90 Å². The first-order valence-corrected chi connectivity index (χ1v) is 13.2. The van der Waals surface area contributed by atoms with Crippen LogP contribution in [-0.2, 0) is 32.6 Å². The van der Waals surface area contributed by atoms with E-state index in [1.54, 1.807) is 37.3 Å². The minimum absolute atomic E-state index is 0.118. The summed E-state index contributed by atoms with van der Waals surface area (Å²) in [5.41, 5.74) is 2.01. The van der Waals surface area contributed by atoms with Crippen molar-refractivity contribution in [3.63, 3.8) is 0 Å². The number of hydrogen-bond acceptors (Lipinski definition) is 4. The molecule has 0 aromatic heterocycles. The molecule has 9 heteroatoms. The number of carbonyl (C=O) groups is 2. The van der Waals surface area contributed by atoms with Gasteiger partial charge in [0.15, 0.2) is 0 Å². The van der Waals surface area contributed by atoms with Gasteiger partial charge >= 0.3 is 0 Å². The fourth-order valence-electron chi connectivity index (χ4n) is 3.46. The first kappa shape index (κ1) is 26.7. The van der Waals surface area contributed by atoms with E-state index in [-0.39, 0.29) is 12.5 Å². The number of halogens is 1. The maximum Gasteiger partial charge on any atom is 0.244 e. The molecule has 0 heterocycles. The standard InChI is InChI=1S/C24H32ClN3O4S/c1-5-14-26-24(30)18(3)27(16-19-10-9-12-21(25)15-19)23(29)17-28(33(4,31)32)22-13-8-7-11-20(22)6-2/h7-13,15,18H,5-6,14,16-17H2,1-4H3,(H,26,30). The Morgan fingerprint density at radius 1 is 1.09 bits per heavy atom. The maximum absolute atomic E-state index is 13.5. The van der Waals surface area contributed by atoms with Gasteiger partial charge in [0.05, 0.1) is 11.9 Å². The summed E-state index contributed by atoms with van der Waals surface area (Å²) in [7, 11) is -3.75. The third-order valence-electron chi connectivity index (χ3n) is 5.28. The van der Waals surface area contributed by atoms with E-state index in [4.69, 9.17) is 11.6 Å². The lowest BCUT2D eigenvalue weighted by Gasteiger charge is -2.32. The van der Waals surface area contributed by atoms with Crippen molar-refractivity contribution in [3.05, 3.63) is 64.7 Å². The number of hydrogen-bond donors (Lipinski definition) is 1. The number of sulfonamides is 1. The highest BCUT2D eigenvalue weighted by atomic mass is 35.5. The van der Waals surface area contributed by atoms with Crippen molar-refractivity contribution >= 4 is 39.1 Å². The second kappa shape index (κ2) is 12.0. The Hall–Kier alpha value is -2.58. The average molecular weight is 494 g/mol. The number of para-hydroxylation sites is 1. The minimum atomic E-state index is -3.75. The van der Waals surface area contributed by atoms with Gasteiger partial charge in [0.25, 0.3) is 0 Å². The molecule has 7 nitrogen and oxygen atoms in total. The van der Waals surface area contributed by atoms with Gasteiger partial charge in [-0.15, -0.1) is 0 Å². The predicted molar refractivity (Wildman–Crippen MR) is 133 cm³/mol. The van der Waals surface area contributed by atoms with Gasteiger partial charge in [-0.3, -0.25) is 13.9 Å². The van der Waals surface area contributed by atoms with Crippen LogP contribution in [0.15, 0.2) is 48.5 Å². The van der Waals surface area contributed by atoms with E-state index in [2.05, 4.69) is 5.32 Å². The number of benzene rings is 2. The van der Waals surface area contributed by atoms with Crippen LogP contribution in [0.2, 0.25) is 5.02 Å². The lowest BCUT2D eigenvalue weighted by atomic mass is 10.1. The summed E-state index contributed by atoms with van der Waals surface area (Å²) >= 11 is 6.11. The zero-order valence-corrected chi connectivity index (χ0v) is 21.1. The Balaban J connectivity index is 2.41. The summed E-state index contributed by atoms with van der Waals surface area (Å²) in [5.74, 6) is -0.780. The monoisotopic (exact) mass is 493 g/mol. The van der Waals surface area contributed by atoms with E-state index in [0.29, 0.717) is 23.7 Å². The van der Waals surface area contributed by atoms with E-state index >= 15 is 0 Å². The topological polar surface area (TPSA) is 86.8 Å². The van der Waals surface area contributed by atoms with E-state index in [0.717, 1.165) is 28.1 Å². The molecule has 1 N–H and O–H groups in total. The normalized spacial score (nSPS) is 12.2. The first-order chi connectivity index (χ1) is 15.6. The van der Waals surface area contributed by atoms with Crippen molar-refractivity contribution < 1.29 is 18.0 Å². The van der Waals surface area contributed by atoms with Crippen LogP contribution in [0.3, 0.4) is 0 Å². The van der Waals surface area contributed by atoms with Crippen molar-refractivity contribution in [1.29, 1.82) is 0 Å². The summed E-state index contributed by atoms with van der Waals surface area (Å²) in [5, 5.41) is 3.32. The molecule has 0 fully saturated rings. The summed E-state index contributed by atoms with van der Waals surface area (Å²) in [6.07, 6.45) is 2.44. The van der Waals surface area contributed by atoms with Crippen molar-refractivity contribution in [2.75, 3.05) is 23.7 Å². The Labute approximate surface area is 201 Å². The van der Waals surface area contributed by atoms with Crippen LogP contribution in [-0.4, -0.2) is 50.5 Å². The number of carbonyl (C=O) groups excluding carboxylic acids is 2. The van der Waals surface area contributed by atoms with Crippen LogP contribution in [0.5, 0.6) is 0 Å². The van der Waals surface area contributed by atoms with Crippen molar-refractivity contribution in [3.8, 4) is 0 Å². The third kappa shape index (κ3) is 7.47. The number of nitrogens with one attached hydrogen (secondary N) is 1. The Kier molecular flexibility index (Phi) is 9.73. The van der Waals surface area contributed by atoms with Crippen molar-refractivity contribution in [2.45, 2.75) is 46.2 Å². The molecular weight excluding hydrogens is 462 g/mol. The predicted octanol–water partition coefficient (Wildman–Crippen LogP) is 3.61. The van der Waals surface area contributed by atoms with E-state index in [1.807, 2.05) is 32.0 Å². The fraction of sp³-hybridized carbons (Fsp3) is 0.417. The molecule has 1 unspecified atom stereocenters. The van der Waals surface area contributed by atoms with Gasteiger partial charge < -0.3 is 10.2 Å². The van der Waals surface area contributed by atoms with E-state index < -0.39 is 28.5 Å². The third-order valence-corrected chi connectivity index (χ3v) is 6.64. The summed E-state index contributed by atoms with van der Waals surface area (Å²) in [6.45, 7) is 5.69. The number of nitrogens with zero attached hydrogens (tertiary/aromatic N) is 2. The van der Waals surface area contributed by atoms with Crippen molar-refractivity contribution in [2.24, 2.45) is 0 Å². The Morgan fingerprint density at radius 3 is 2.39 bits per heavy atom. The second-order valence-corrected chi connectivity index (χ2v) is 10.2. The number of anilines is 1. The molecule has 0 aliphatic rings. The molecule has 180 valence electrons. The van der Waals surface area contributed by atoms with Gasteiger partial charge in [0.1, 0.15) is 12.6 Å². The lowest BCUT2D eigenvalue weighted by molar-refractivity contribution is -0.139. The molecule has 2 amide bonds. The van der Waals surface area contributed by atoms with Gasteiger partial charge in [0, 0.05) is 18.1 Å². The van der Waals surface area contributed by atoms with Gasteiger partial charge in [-0.25, -0.2) is 8.42 Å². The van der Waals surface area contributed by atoms with Crippen LogP contribution < -0.4 is 9.62 Å². The van der Waals surface area contributed by atoms with Gasteiger partial charge in [-0.1, -0.05) is 55.8 Å². The highest BCUT2D eigenvalue weighted by Crippen LogP contribution is 2.24. The molecule has 33 heavy (non-hydrogen) atoms. The number of rotatable bonds is 11. The maximum atomic E-state index is 13.5. The molecule has 0 radical (unpaired) electrons. The summed E-state index contributed by atoms with van der Waals surface area (Å²) in [4.78, 5) is 27.6. The molecule has 0 saturated carbocycles. The second-order valence-electron chi connectivity index (χ2n) is 7.87. The Morgan fingerprint density at radius 2 is 1.79 bits per heavy atom. The zero-order valence-electron chi connectivity index (χ0n) is 19.5. The molecule has 1 atom stereocenters. The molecule has 0 bridgehead atoms. The summed E-state index contributed by atoms with van der Waals surface area (Å²) < 4.78 is 26.4. The quantitative estimate of drug-likeness (QED) is 0.518. The van der Waals surface area contributed by atoms with E-state index in [9.17, 15) is 18.0 Å². The molecule has 0 spiro atoms. The van der Waals surface area contributed by atoms with Crippen LogP contribution in [0, 0.1) is 0 Å². The lowest BCUT2D eigenvalue weighted by Crippen LogP contribution is -2.51. The summed E-state index contributed by atoms with van der Waals surface area (Å²) in [6, 6.07) is 13.3. The van der Waals surface area contributed by atoms with Gasteiger partial charge in [-0.2, -0.15) is 0 Å². The number of aryl methyl sites for hydroxylation is 1. The zero-order chi connectivity index (χ0) is 24.6. The SMILES string of the molecule is CCCNC(=O)C(C)N(Cc1cccc(Cl)c1)C(=O)CN(c1ccccc1CC)S(C)(=O)=O. The number of amides is 2. The highest BCUT2D eigenvalue weighted by Gasteiger charge is 2.30. The molecule has 0 saturated heterocycles. The van der Waals surface area contributed by atoms with Crippen LogP contribution >= 0.6 is 11.6 Å². The van der Waals surface area contributed by atoms with Crippen LogP contribution in [0.25, 0.3) is 0 Å². The van der Waals surface area contributed by atoms with Gasteiger partial charge in [0.2, 0.25) is 21.8 Å². The molecular formula is C24H32ClN3O4S. The molecule has 0 aliphatic heterocycles. The first-order valence-electron chi connectivity index (χ1n) is 11.0. The smallest absolute Gasteiger partial charge is 0.244 e. The van der Waals surface area contributed by atoms with Crippen molar-refractivity contribution in [1.82, 2.24) is 10.2 Å². The fourth-order valence-corrected chi connectivity index (χ4v) is 4.55. The molecule has 2 rings (SSSR count). The average Bonchev–Trinajstić information content (AvgIpc) is 2.78. The van der Waals surface area contributed by atoms with Gasteiger partial charge in [-0.05, 0) is 49.1 Å². The highest BCUT2D eigenvalue weighted by molar-refractivity contribution is 7.92.